The molecule has 1 aromatic carbocycles. The highest BCUT2D eigenvalue weighted by atomic mass is 32.2. The van der Waals surface area contributed by atoms with E-state index < -0.39 is 0 Å². The molecule has 2 aliphatic rings. The van der Waals surface area contributed by atoms with Crippen LogP contribution in [-0.4, -0.2) is 46.6 Å². The lowest BCUT2D eigenvalue weighted by molar-refractivity contribution is -0.141. The van der Waals surface area contributed by atoms with Crippen LogP contribution in [0.2, 0.25) is 0 Å². The van der Waals surface area contributed by atoms with Gasteiger partial charge >= 0.3 is 0 Å². The molecule has 3 heterocycles. The quantitative estimate of drug-likeness (QED) is 0.473. The molecule has 2 aliphatic heterocycles. The highest BCUT2D eigenvalue weighted by Crippen LogP contribution is 2.35. The molecule has 2 aromatic rings. The molecule has 1 aromatic heterocycles. The van der Waals surface area contributed by atoms with Crippen molar-refractivity contribution < 1.29 is 9.63 Å². The third-order valence-corrected chi connectivity index (χ3v) is 7.32. The number of amides is 1. The molecule has 4 rings (SSSR count). The van der Waals surface area contributed by atoms with Gasteiger partial charge in [-0.2, -0.15) is 5.06 Å². The number of hydrogen-bond donors (Lipinski definition) is 0. The summed E-state index contributed by atoms with van der Waals surface area (Å²) in [6, 6.07) is 6.20. The van der Waals surface area contributed by atoms with Crippen LogP contribution < -0.4 is 0 Å². The van der Waals surface area contributed by atoms with Crippen molar-refractivity contribution in [1.29, 1.82) is 0 Å². The van der Waals surface area contributed by atoms with E-state index in [0.717, 1.165) is 61.9 Å². The van der Waals surface area contributed by atoms with Crippen molar-refractivity contribution >= 4 is 28.8 Å². The maximum atomic E-state index is 13.2. The SMILES string of the molecule is C.C\C=C/C=C\C=C\Sn1c2c(c3cc(C(=O)N4CCC(C)CC4)ccc31)CN(OC)CC2. The molecule has 0 bridgehead atoms. The van der Waals surface area contributed by atoms with Gasteiger partial charge in [-0.25, -0.2) is 0 Å². The normalized spacial score (nSPS) is 18.0. The summed E-state index contributed by atoms with van der Waals surface area (Å²) in [7, 11) is 1.73. The van der Waals surface area contributed by atoms with Crippen LogP contribution in [0.5, 0.6) is 0 Å². The zero-order valence-corrected chi connectivity index (χ0v) is 20.1. The zero-order chi connectivity index (χ0) is 22.5. The topological polar surface area (TPSA) is 37.7 Å². The second-order valence-corrected chi connectivity index (χ2v) is 9.42. The van der Waals surface area contributed by atoms with Gasteiger partial charge < -0.3 is 9.74 Å². The number of hydrogen-bond acceptors (Lipinski definition) is 4. The van der Waals surface area contributed by atoms with Gasteiger partial charge in [-0.1, -0.05) is 44.7 Å². The van der Waals surface area contributed by atoms with E-state index in [2.05, 4.69) is 34.5 Å². The number of carbonyl (C=O) groups excluding carboxylic acids is 1. The largest absolute Gasteiger partial charge is 0.339 e. The Bertz CT molecular complexity index is 1050. The molecule has 1 amide bonds. The van der Waals surface area contributed by atoms with E-state index in [1.54, 1.807) is 19.1 Å². The molecule has 0 aliphatic carbocycles. The Labute approximate surface area is 202 Å². The number of allylic oxidation sites excluding steroid dienone is 5. The fourth-order valence-corrected chi connectivity index (χ4v) is 5.36. The van der Waals surface area contributed by atoms with Gasteiger partial charge in [0.2, 0.25) is 0 Å². The fraction of sp³-hybridized carbons (Fsp3) is 0.444. The van der Waals surface area contributed by atoms with Gasteiger partial charge in [0.15, 0.2) is 0 Å². The molecular weight excluding hydrogens is 430 g/mol. The zero-order valence-electron chi connectivity index (χ0n) is 19.3. The summed E-state index contributed by atoms with van der Waals surface area (Å²) in [5.74, 6) is 0.863. The lowest BCUT2D eigenvalue weighted by atomic mass is 9.98. The maximum Gasteiger partial charge on any atom is 0.253 e. The van der Waals surface area contributed by atoms with Crippen molar-refractivity contribution in [2.24, 2.45) is 5.92 Å². The van der Waals surface area contributed by atoms with Gasteiger partial charge in [0.05, 0.1) is 19.2 Å². The summed E-state index contributed by atoms with van der Waals surface area (Å²) in [6.07, 6.45) is 13.2. The molecule has 178 valence electrons. The second-order valence-electron chi connectivity index (χ2n) is 8.57. The number of rotatable bonds is 6. The number of piperidine rings is 1. The summed E-state index contributed by atoms with van der Waals surface area (Å²) in [5, 5.41) is 5.26. The van der Waals surface area contributed by atoms with Crippen molar-refractivity contribution in [2.45, 2.75) is 47.1 Å². The van der Waals surface area contributed by atoms with Crippen LogP contribution >= 0.6 is 11.9 Å². The first-order valence-corrected chi connectivity index (χ1v) is 12.3. The third kappa shape index (κ3) is 5.62. The minimum Gasteiger partial charge on any atom is -0.339 e. The van der Waals surface area contributed by atoms with Crippen molar-refractivity contribution in [2.75, 3.05) is 26.7 Å². The monoisotopic (exact) mass is 467 g/mol. The number of carbonyl (C=O) groups is 1. The van der Waals surface area contributed by atoms with Crippen LogP contribution in [-0.2, 0) is 17.8 Å². The van der Waals surface area contributed by atoms with E-state index in [1.165, 1.54) is 11.3 Å². The average Bonchev–Trinajstić information content (AvgIpc) is 3.13. The Morgan fingerprint density at radius 1 is 1.12 bits per heavy atom. The Balaban J connectivity index is 0.00000306. The maximum absolute atomic E-state index is 13.2. The molecule has 0 atom stereocenters. The predicted molar refractivity (Wildman–Crippen MR) is 140 cm³/mol. The smallest absolute Gasteiger partial charge is 0.253 e. The molecule has 6 heteroatoms. The average molecular weight is 468 g/mol. The Hall–Kier alpha value is -2.28. The lowest BCUT2D eigenvalue weighted by Gasteiger charge is -2.30. The Morgan fingerprint density at radius 2 is 1.88 bits per heavy atom. The van der Waals surface area contributed by atoms with Gasteiger partial charge in [0, 0.05) is 42.7 Å². The first kappa shape index (κ1) is 25.3. The van der Waals surface area contributed by atoms with Gasteiger partial charge in [-0.15, -0.1) is 0 Å². The lowest BCUT2D eigenvalue weighted by Crippen LogP contribution is -2.37. The molecule has 5 nitrogen and oxygen atoms in total. The summed E-state index contributed by atoms with van der Waals surface area (Å²) < 4.78 is 2.31. The van der Waals surface area contributed by atoms with Crippen LogP contribution in [0, 0.1) is 5.92 Å². The molecule has 0 unspecified atom stereocenters. The molecule has 1 saturated heterocycles. The molecule has 0 saturated carbocycles. The summed E-state index contributed by atoms with van der Waals surface area (Å²) in [5.41, 5.74) is 4.53. The van der Waals surface area contributed by atoms with Crippen LogP contribution in [0.3, 0.4) is 0 Å². The highest BCUT2D eigenvalue weighted by Gasteiger charge is 2.26. The Morgan fingerprint density at radius 3 is 2.61 bits per heavy atom. The van der Waals surface area contributed by atoms with E-state index in [4.69, 9.17) is 4.84 Å². The molecule has 33 heavy (non-hydrogen) atoms. The van der Waals surface area contributed by atoms with Crippen LogP contribution in [0.15, 0.2) is 54.0 Å². The predicted octanol–water partition coefficient (Wildman–Crippen LogP) is 6.21. The van der Waals surface area contributed by atoms with E-state index >= 15 is 0 Å². The second kappa shape index (κ2) is 11.7. The molecule has 0 radical (unpaired) electrons. The third-order valence-electron chi connectivity index (χ3n) is 6.41. The van der Waals surface area contributed by atoms with Crippen molar-refractivity contribution in [3.05, 3.63) is 70.8 Å². The number of hydroxylamine groups is 2. The van der Waals surface area contributed by atoms with Crippen LogP contribution in [0.1, 0.15) is 55.7 Å². The van der Waals surface area contributed by atoms with Gasteiger partial charge in [0.1, 0.15) is 0 Å². The number of nitrogens with zero attached hydrogens (tertiary/aromatic N) is 3. The number of benzene rings is 1. The molecular formula is C27H37N3O2S. The summed E-state index contributed by atoms with van der Waals surface area (Å²) >= 11 is 1.69. The fourth-order valence-electron chi connectivity index (χ4n) is 4.48. The molecule has 0 N–H and O–H groups in total. The minimum atomic E-state index is 0. The van der Waals surface area contributed by atoms with Crippen LogP contribution in [0.4, 0.5) is 0 Å². The summed E-state index contributed by atoms with van der Waals surface area (Å²) in [6.45, 7) is 7.59. The van der Waals surface area contributed by atoms with Crippen molar-refractivity contribution in [3.63, 3.8) is 0 Å². The first-order chi connectivity index (χ1) is 15.6. The standard InChI is InChI=1S/C26H33N3O2S.CH4/c1-4-5-6-7-8-17-32-29-24-10-9-21(26(30)27-14-11-20(2)12-15-27)18-22(24)23-19-28(31-3)16-13-25(23)29;/h4-10,17-18,20H,11-16,19H2,1-3H3;1H4/b5-4-,7-6-,17-8+;. The van der Waals surface area contributed by atoms with Gasteiger partial charge in [-0.05, 0) is 66.8 Å². The van der Waals surface area contributed by atoms with E-state index in [9.17, 15) is 4.79 Å². The summed E-state index contributed by atoms with van der Waals surface area (Å²) in [4.78, 5) is 20.7. The minimum absolute atomic E-state index is 0. The van der Waals surface area contributed by atoms with Crippen LogP contribution in [0.25, 0.3) is 10.9 Å². The first-order valence-electron chi connectivity index (χ1n) is 11.5. The number of likely N-dealkylation sites (tertiary alicyclic amines) is 1. The van der Waals surface area contributed by atoms with E-state index in [0.29, 0.717) is 5.92 Å². The van der Waals surface area contributed by atoms with E-state index in [1.807, 2.05) is 47.3 Å². The van der Waals surface area contributed by atoms with Gasteiger partial charge in [0.25, 0.3) is 5.91 Å². The highest BCUT2D eigenvalue weighted by molar-refractivity contribution is 8.00. The van der Waals surface area contributed by atoms with Crippen molar-refractivity contribution in [1.82, 2.24) is 13.9 Å². The molecule has 0 spiro atoms. The van der Waals surface area contributed by atoms with Crippen molar-refractivity contribution in [3.8, 4) is 0 Å². The Kier molecular flexibility index (Phi) is 9.01. The number of aromatic nitrogens is 1. The number of fused-ring (bicyclic) bond motifs is 3. The van der Waals surface area contributed by atoms with Gasteiger partial charge in [-0.3, -0.25) is 8.77 Å². The van der Waals surface area contributed by atoms with E-state index in [-0.39, 0.29) is 13.3 Å². The molecule has 1 fully saturated rings.